The Morgan fingerprint density at radius 1 is 1.31 bits per heavy atom. The summed E-state index contributed by atoms with van der Waals surface area (Å²) in [6.07, 6.45) is 3.00. The Morgan fingerprint density at radius 3 is 2.50 bits per heavy atom. The second-order valence-corrected chi connectivity index (χ2v) is 5.69. The van der Waals surface area contributed by atoms with E-state index in [1.54, 1.807) is 7.11 Å². The molecule has 0 spiro atoms. The minimum absolute atomic E-state index is 0.273. The first kappa shape index (κ1) is 12.3. The smallest absolute Gasteiger partial charge is 0.116 e. The summed E-state index contributed by atoms with van der Waals surface area (Å²) in [5.74, 6) is 0.750. The Bertz CT molecular complexity index is 228. The second kappa shape index (κ2) is 5.01. The molecule has 0 bridgehead atoms. The maximum absolute atomic E-state index is 14.0. The molecule has 0 aromatic carbocycles. The minimum Gasteiger partial charge on any atom is -0.381 e. The molecule has 1 aliphatic heterocycles. The van der Waals surface area contributed by atoms with E-state index in [9.17, 15) is 4.39 Å². The molecule has 2 nitrogen and oxygen atoms in total. The van der Waals surface area contributed by atoms with Crippen LogP contribution in [0.5, 0.6) is 0 Å². The van der Waals surface area contributed by atoms with Gasteiger partial charge in [-0.1, -0.05) is 13.8 Å². The van der Waals surface area contributed by atoms with Gasteiger partial charge in [-0.3, -0.25) is 4.90 Å². The van der Waals surface area contributed by atoms with Crippen LogP contribution in [0.1, 0.15) is 33.1 Å². The van der Waals surface area contributed by atoms with Crippen molar-refractivity contribution in [3.05, 3.63) is 0 Å². The minimum atomic E-state index is -0.629. The van der Waals surface area contributed by atoms with Gasteiger partial charge >= 0.3 is 0 Å². The summed E-state index contributed by atoms with van der Waals surface area (Å²) >= 11 is 0. The van der Waals surface area contributed by atoms with Crippen molar-refractivity contribution in [1.29, 1.82) is 0 Å². The van der Waals surface area contributed by atoms with Gasteiger partial charge in [-0.05, 0) is 37.6 Å². The molecular formula is C13H24FNO. The van der Waals surface area contributed by atoms with E-state index < -0.39 is 6.17 Å². The largest absolute Gasteiger partial charge is 0.381 e. The van der Waals surface area contributed by atoms with Crippen LogP contribution in [0.4, 0.5) is 4.39 Å². The van der Waals surface area contributed by atoms with E-state index in [0.29, 0.717) is 24.6 Å². The highest BCUT2D eigenvalue weighted by Gasteiger charge is 2.39. The first-order valence-electron chi connectivity index (χ1n) is 6.52. The molecule has 2 fully saturated rings. The number of piperidine rings is 1. The van der Waals surface area contributed by atoms with Gasteiger partial charge in [0.2, 0.25) is 0 Å². The fourth-order valence-electron chi connectivity index (χ4n) is 3.06. The van der Waals surface area contributed by atoms with Crippen molar-refractivity contribution in [3.63, 3.8) is 0 Å². The summed E-state index contributed by atoms with van der Waals surface area (Å²) < 4.78 is 19.2. The Kier molecular flexibility index (Phi) is 3.85. The highest BCUT2D eigenvalue weighted by molar-refractivity contribution is 4.92. The van der Waals surface area contributed by atoms with Gasteiger partial charge in [-0.2, -0.15) is 0 Å². The van der Waals surface area contributed by atoms with Crippen molar-refractivity contribution in [2.45, 2.75) is 51.4 Å². The maximum Gasteiger partial charge on any atom is 0.116 e. The standard InChI is InChI=1S/C13H24FNO/c1-9(2)12-4-5-15(8-13(12)14)10-6-11(7-10)16-3/h9-13H,4-8H2,1-3H3/t10?,11?,12-,13-/m1/s1. The third kappa shape index (κ3) is 2.40. The summed E-state index contributed by atoms with van der Waals surface area (Å²) in [5, 5.41) is 0. The van der Waals surface area contributed by atoms with E-state index in [1.165, 1.54) is 0 Å². The monoisotopic (exact) mass is 229 g/mol. The van der Waals surface area contributed by atoms with Crippen molar-refractivity contribution < 1.29 is 9.13 Å². The third-order valence-electron chi connectivity index (χ3n) is 4.40. The Balaban J connectivity index is 1.79. The van der Waals surface area contributed by atoms with Crippen LogP contribution < -0.4 is 0 Å². The topological polar surface area (TPSA) is 12.5 Å². The van der Waals surface area contributed by atoms with Crippen LogP contribution in [0.15, 0.2) is 0 Å². The number of hydrogen-bond donors (Lipinski definition) is 0. The Hall–Kier alpha value is -0.150. The molecule has 0 unspecified atom stereocenters. The highest BCUT2D eigenvalue weighted by atomic mass is 19.1. The fourth-order valence-corrected chi connectivity index (χ4v) is 3.06. The van der Waals surface area contributed by atoms with E-state index in [0.717, 1.165) is 25.8 Å². The molecule has 94 valence electrons. The second-order valence-electron chi connectivity index (χ2n) is 5.69. The van der Waals surface area contributed by atoms with Crippen molar-refractivity contribution in [1.82, 2.24) is 4.90 Å². The molecule has 2 atom stereocenters. The quantitative estimate of drug-likeness (QED) is 0.737. The molecule has 1 saturated carbocycles. The van der Waals surface area contributed by atoms with Crippen molar-refractivity contribution in [2.24, 2.45) is 11.8 Å². The molecule has 3 heteroatoms. The lowest BCUT2D eigenvalue weighted by Gasteiger charge is -2.46. The zero-order valence-electron chi connectivity index (χ0n) is 10.7. The molecule has 1 aliphatic carbocycles. The van der Waals surface area contributed by atoms with E-state index in [4.69, 9.17) is 4.74 Å². The first-order chi connectivity index (χ1) is 7.61. The normalized spacial score (nSPS) is 41.1. The molecule has 2 rings (SSSR count). The molecule has 0 amide bonds. The predicted octanol–water partition coefficient (Wildman–Crippen LogP) is 2.48. The number of methoxy groups -OCH3 is 1. The number of likely N-dealkylation sites (tertiary alicyclic amines) is 1. The zero-order chi connectivity index (χ0) is 11.7. The van der Waals surface area contributed by atoms with Crippen LogP contribution in [0, 0.1) is 11.8 Å². The first-order valence-corrected chi connectivity index (χ1v) is 6.52. The van der Waals surface area contributed by atoms with Crippen LogP contribution in [0.3, 0.4) is 0 Å². The van der Waals surface area contributed by atoms with Gasteiger partial charge in [0.25, 0.3) is 0 Å². The van der Waals surface area contributed by atoms with Gasteiger partial charge in [0.15, 0.2) is 0 Å². The molecular weight excluding hydrogens is 205 g/mol. The molecule has 0 N–H and O–H groups in total. The van der Waals surface area contributed by atoms with Gasteiger partial charge in [-0.25, -0.2) is 4.39 Å². The predicted molar refractivity (Wildman–Crippen MR) is 63.2 cm³/mol. The molecule has 2 aliphatic rings. The van der Waals surface area contributed by atoms with E-state index in [1.807, 2.05) is 0 Å². The van der Waals surface area contributed by atoms with Crippen LogP contribution in [0.25, 0.3) is 0 Å². The van der Waals surface area contributed by atoms with Gasteiger partial charge < -0.3 is 4.74 Å². The fraction of sp³-hybridized carbons (Fsp3) is 1.00. The van der Waals surface area contributed by atoms with E-state index >= 15 is 0 Å². The third-order valence-corrected chi connectivity index (χ3v) is 4.40. The summed E-state index contributed by atoms with van der Waals surface area (Å²) in [4.78, 5) is 2.33. The number of hydrogen-bond acceptors (Lipinski definition) is 2. The maximum atomic E-state index is 14.0. The molecule has 0 radical (unpaired) electrons. The van der Waals surface area contributed by atoms with Crippen LogP contribution in [0.2, 0.25) is 0 Å². The molecule has 0 aromatic rings. The van der Waals surface area contributed by atoms with Gasteiger partial charge in [0.1, 0.15) is 6.17 Å². The van der Waals surface area contributed by atoms with Crippen LogP contribution >= 0.6 is 0 Å². The van der Waals surface area contributed by atoms with Crippen LogP contribution in [-0.2, 0) is 4.74 Å². The van der Waals surface area contributed by atoms with Crippen LogP contribution in [-0.4, -0.2) is 43.4 Å². The zero-order valence-corrected chi connectivity index (χ0v) is 10.7. The lowest BCUT2D eigenvalue weighted by molar-refractivity contribution is -0.0540. The Morgan fingerprint density at radius 2 is 2.00 bits per heavy atom. The summed E-state index contributed by atoms with van der Waals surface area (Å²) in [6, 6.07) is 0.580. The van der Waals surface area contributed by atoms with Gasteiger partial charge in [-0.15, -0.1) is 0 Å². The van der Waals surface area contributed by atoms with Crippen molar-refractivity contribution in [3.8, 4) is 0 Å². The average molecular weight is 229 g/mol. The lowest BCUT2D eigenvalue weighted by atomic mass is 9.81. The number of alkyl halides is 1. The molecule has 1 heterocycles. The SMILES string of the molecule is COC1CC(N2CC[C@H](C(C)C)[C@H](F)C2)C1. The highest BCUT2D eigenvalue weighted by Crippen LogP contribution is 2.34. The van der Waals surface area contributed by atoms with Crippen molar-refractivity contribution in [2.75, 3.05) is 20.2 Å². The van der Waals surface area contributed by atoms with E-state index in [2.05, 4.69) is 18.7 Å². The summed E-state index contributed by atoms with van der Waals surface area (Å²) in [7, 11) is 1.77. The molecule has 1 saturated heterocycles. The average Bonchev–Trinajstić information content (AvgIpc) is 2.15. The van der Waals surface area contributed by atoms with Gasteiger partial charge in [0, 0.05) is 19.7 Å². The number of halogens is 1. The molecule has 16 heavy (non-hydrogen) atoms. The number of rotatable bonds is 3. The number of nitrogens with zero attached hydrogens (tertiary/aromatic N) is 1. The summed E-state index contributed by atoms with van der Waals surface area (Å²) in [6.45, 7) is 5.99. The Labute approximate surface area is 98.1 Å². The lowest BCUT2D eigenvalue weighted by Crippen LogP contribution is -2.54. The molecule has 0 aromatic heterocycles. The van der Waals surface area contributed by atoms with Gasteiger partial charge in [0.05, 0.1) is 6.10 Å². The van der Waals surface area contributed by atoms with E-state index in [-0.39, 0.29) is 5.92 Å². The van der Waals surface area contributed by atoms with Crippen molar-refractivity contribution >= 4 is 0 Å². The number of ether oxygens (including phenoxy) is 1. The summed E-state index contributed by atoms with van der Waals surface area (Å²) in [5.41, 5.74) is 0.